The van der Waals surface area contributed by atoms with Crippen molar-refractivity contribution in [3.05, 3.63) is 29.8 Å². The van der Waals surface area contributed by atoms with E-state index < -0.39 is 10.0 Å². The first-order chi connectivity index (χ1) is 9.61. The average Bonchev–Trinajstić information content (AvgIpc) is 2.72. The molecule has 1 fully saturated rings. The van der Waals surface area contributed by atoms with Gasteiger partial charge in [-0.15, -0.1) is 0 Å². The van der Waals surface area contributed by atoms with Gasteiger partial charge in [-0.2, -0.15) is 4.31 Å². The fraction of sp³-hybridized carbons (Fsp3) is 0.600. The van der Waals surface area contributed by atoms with E-state index in [-0.39, 0.29) is 12.6 Å². The maximum Gasteiger partial charge on any atom is 0.243 e. The largest absolute Gasteiger partial charge is 0.326 e. The van der Waals surface area contributed by atoms with Crippen LogP contribution in [0, 0.1) is 0 Å². The Morgan fingerprint density at radius 1 is 1.25 bits per heavy atom. The summed E-state index contributed by atoms with van der Waals surface area (Å²) in [6.07, 6.45) is 5.00. The molecule has 2 N–H and O–H groups in total. The van der Waals surface area contributed by atoms with E-state index in [0.717, 1.165) is 32.1 Å². The van der Waals surface area contributed by atoms with Crippen molar-refractivity contribution in [2.45, 2.75) is 56.5 Å². The number of nitrogens with zero attached hydrogens (tertiary/aromatic N) is 1. The number of hydrogen-bond acceptors (Lipinski definition) is 3. The predicted octanol–water partition coefficient (Wildman–Crippen LogP) is 2.49. The molecule has 1 heterocycles. The minimum absolute atomic E-state index is 0.119. The molecular weight excluding hydrogens is 272 g/mol. The Hall–Kier alpha value is -0.910. The van der Waals surface area contributed by atoms with E-state index in [2.05, 4.69) is 6.92 Å². The highest BCUT2D eigenvalue weighted by atomic mass is 32.2. The molecule has 1 aromatic carbocycles. The molecule has 1 aromatic rings. The van der Waals surface area contributed by atoms with Gasteiger partial charge in [-0.25, -0.2) is 8.42 Å². The molecule has 0 aliphatic carbocycles. The minimum Gasteiger partial charge on any atom is -0.326 e. The molecule has 112 valence electrons. The normalized spacial score (nSPS) is 21.6. The van der Waals surface area contributed by atoms with Gasteiger partial charge >= 0.3 is 0 Å². The Morgan fingerprint density at radius 3 is 2.70 bits per heavy atom. The molecule has 1 aliphatic rings. The lowest BCUT2D eigenvalue weighted by Crippen LogP contribution is -2.40. The van der Waals surface area contributed by atoms with Crippen LogP contribution in [0.1, 0.15) is 44.6 Å². The molecule has 2 rings (SSSR count). The van der Waals surface area contributed by atoms with Crippen LogP contribution in [0.5, 0.6) is 0 Å². The zero-order valence-corrected chi connectivity index (χ0v) is 12.9. The zero-order chi connectivity index (χ0) is 14.6. The third-order valence-electron chi connectivity index (χ3n) is 4.07. The molecule has 0 bridgehead atoms. The van der Waals surface area contributed by atoms with Crippen molar-refractivity contribution in [1.29, 1.82) is 0 Å². The SMILES string of the molecule is CCC1CCCCCN1S(=O)(=O)c1ccccc1CN. The van der Waals surface area contributed by atoms with Crippen molar-refractivity contribution in [3.63, 3.8) is 0 Å². The fourth-order valence-electron chi connectivity index (χ4n) is 2.93. The number of rotatable bonds is 4. The summed E-state index contributed by atoms with van der Waals surface area (Å²) in [5, 5.41) is 0. The summed E-state index contributed by atoms with van der Waals surface area (Å²) in [6.45, 7) is 2.94. The molecule has 1 aliphatic heterocycles. The monoisotopic (exact) mass is 296 g/mol. The number of benzene rings is 1. The van der Waals surface area contributed by atoms with E-state index in [9.17, 15) is 8.42 Å². The van der Waals surface area contributed by atoms with E-state index in [1.54, 1.807) is 22.5 Å². The highest BCUT2D eigenvalue weighted by molar-refractivity contribution is 7.89. The summed E-state index contributed by atoms with van der Waals surface area (Å²) in [5.41, 5.74) is 6.39. The molecule has 1 saturated heterocycles. The second-order valence-corrected chi connectivity index (χ2v) is 7.20. The summed E-state index contributed by atoms with van der Waals surface area (Å²) in [6, 6.07) is 7.19. The maximum absolute atomic E-state index is 13.0. The molecule has 1 unspecified atom stereocenters. The van der Waals surface area contributed by atoms with Gasteiger partial charge in [0.05, 0.1) is 4.90 Å². The van der Waals surface area contributed by atoms with E-state index in [1.807, 2.05) is 6.07 Å². The molecule has 0 saturated carbocycles. The Labute approximate surface area is 122 Å². The van der Waals surface area contributed by atoms with Gasteiger partial charge in [0.15, 0.2) is 0 Å². The quantitative estimate of drug-likeness (QED) is 0.928. The molecule has 0 aromatic heterocycles. The van der Waals surface area contributed by atoms with Gasteiger partial charge in [-0.05, 0) is 30.9 Å². The molecule has 20 heavy (non-hydrogen) atoms. The van der Waals surface area contributed by atoms with Crippen LogP contribution in [-0.4, -0.2) is 25.3 Å². The van der Waals surface area contributed by atoms with Crippen LogP contribution in [0.2, 0.25) is 0 Å². The van der Waals surface area contributed by atoms with Crippen LogP contribution in [0.4, 0.5) is 0 Å². The Kier molecular flexibility index (Phi) is 5.18. The van der Waals surface area contributed by atoms with Crippen molar-refractivity contribution >= 4 is 10.0 Å². The highest BCUT2D eigenvalue weighted by Gasteiger charge is 2.32. The first kappa shape index (κ1) is 15.5. The third kappa shape index (κ3) is 3.05. The van der Waals surface area contributed by atoms with Crippen LogP contribution in [0.15, 0.2) is 29.2 Å². The van der Waals surface area contributed by atoms with Crippen molar-refractivity contribution < 1.29 is 8.42 Å². The smallest absolute Gasteiger partial charge is 0.243 e. The molecular formula is C15H24N2O2S. The van der Waals surface area contributed by atoms with E-state index in [1.165, 1.54) is 0 Å². The summed E-state index contributed by atoms with van der Waals surface area (Å²) in [5.74, 6) is 0. The van der Waals surface area contributed by atoms with Crippen molar-refractivity contribution in [1.82, 2.24) is 4.31 Å². The van der Waals surface area contributed by atoms with Crippen LogP contribution in [-0.2, 0) is 16.6 Å². The Bertz CT molecular complexity index is 543. The van der Waals surface area contributed by atoms with Crippen molar-refractivity contribution in [3.8, 4) is 0 Å². The van der Waals surface area contributed by atoms with Gasteiger partial charge in [-0.1, -0.05) is 38.0 Å². The predicted molar refractivity (Wildman–Crippen MR) is 80.8 cm³/mol. The molecule has 0 amide bonds. The first-order valence-electron chi connectivity index (χ1n) is 7.41. The van der Waals surface area contributed by atoms with Gasteiger partial charge in [-0.3, -0.25) is 0 Å². The Morgan fingerprint density at radius 2 is 2.00 bits per heavy atom. The molecule has 5 heteroatoms. The second-order valence-electron chi connectivity index (χ2n) is 5.34. The lowest BCUT2D eigenvalue weighted by atomic mass is 10.1. The lowest BCUT2D eigenvalue weighted by molar-refractivity contribution is 0.315. The standard InChI is InChI=1S/C15H24N2O2S/c1-2-14-9-4-3-7-11-17(14)20(18,19)15-10-6-5-8-13(15)12-16/h5-6,8,10,14H,2-4,7,9,11-12,16H2,1H3. The van der Waals surface area contributed by atoms with Crippen LogP contribution in [0.3, 0.4) is 0 Å². The molecule has 0 spiro atoms. The zero-order valence-electron chi connectivity index (χ0n) is 12.1. The molecule has 1 atom stereocenters. The van der Waals surface area contributed by atoms with Gasteiger partial charge < -0.3 is 5.73 Å². The maximum atomic E-state index is 13.0. The molecule has 4 nitrogen and oxygen atoms in total. The van der Waals surface area contributed by atoms with Gasteiger partial charge in [0.1, 0.15) is 0 Å². The lowest BCUT2D eigenvalue weighted by Gasteiger charge is -2.29. The second kappa shape index (κ2) is 6.70. The van der Waals surface area contributed by atoms with Crippen LogP contribution in [0.25, 0.3) is 0 Å². The van der Waals surface area contributed by atoms with Crippen molar-refractivity contribution in [2.75, 3.05) is 6.54 Å². The van der Waals surface area contributed by atoms with Crippen molar-refractivity contribution in [2.24, 2.45) is 5.73 Å². The summed E-state index contributed by atoms with van der Waals surface area (Å²) < 4.78 is 27.6. The number of hydrogen-bond donors (Lipinski definition) is 1. The van der Waals surface area contributed by atoms with Gasteiger partial charge in [0.25, 0.3) is 0 Å². The summed E-state index contributed by atoms with van der Waals surface area (Å²) in [4.78, 5) is 0.378. The molecule has 0 radical (unpaired) electrons. The van der Waals surface area contributed by atoms with Crippen LogP contribution >= 0.6 is 0 Å². The Balaban J connectivity index is 2.41. The summed E-state index contributed by atoms with van der Waals surface area (Å²) in [7, 11) is -3.44. The van der Waals surface area contributed by atoms with E-state index in [4.69, 9.17) is 5.73 Å². The van der Waals surface area contributed by atoms with E-state index in [0.29, 0.717) is 17.0 Å². The fourth-order valence-corrected chi connectivity index (χ4v) is 4.93. The van der Waals surface area contributed by atoms with Gasteiger partial charge in [0, 0.05) is 19.1 Å². The van der Waals surface area contributed by atoms with Gasteiger partial charge in [0.2, 0.25) is 10.0 Å². The number of nitrogens with two attached hydrogens (primary N) is 1. The third-order valence-corrected chi connectivity index (χ3v) is 6.13. The number of sulfonamides is 1. The average molecular weight is 296 g/mol. The highest BCUT2D eigenvalue weighted by Crippen LogP contribution is 2.27. The first-order valence-corrected chi connectivity index (χ1v) is 8.85. The van der Waals surface area contributed by atoms with E-state index >= 15 is 0 Å². The topological polar surface area (TPSA) is 63.4 Å². The minimum atomic E-state index is -3.44. The summed E-state index contributed by atoms with van der Waals surface area (Å²) >= 11 is 0. The van der Waals surface area contributed by atoms with Crippen LogP contribution < -0.4 is 5.73 Å².